The van der Waals surface area contributed by atoms with Gasteiger partial charge in [-0.2, -0.15) is 0 Å². The highest BCUT2D eigenvalue weighted by molar-refractivity contribution is 7.80. The molecule has 0 saturated carbocycles. The van der Waals surface area contributed by atoms with Gasteiger partial charge in [0.05, 0.1) is 0 Å². The molecule has 1 N–H and O–H groups in total. The fourth-order valence-corrected chi connectivity index (χ4v) is 2.09. The summed E-state index contributed by atoms with van der Waals surface area (Å²) in [4.78, 5) is 3.52. The van der Waals surface area contributed by atoms with E-state index in [1.54, 1.807) is 11.3 Å². The number of hydrogen-bond donors (Lipinski definition) is 1. The third kappa shape index (κ3) is 4.62. The summed E-state index contributed by atoms with van der Waals surface area (Å²) in [5.41, 5.74) is 0. The molecular formula is C11H18N2S2. The summed E-state index contributed by atoms with van der Waals surface area (Å²) in [7, 11) is 2.04. The van der Waals surface area contributed by atoms with E-state index in [9.17, 15) is 0 Å². The van der Waals surface area contributed by atoms with Crippen LogP contribution in [0.25, 0.3) is 0 Å². The Labute approximate surface area is 101 Å². The SMILES string of the molecule is CCCNC(=S)N(C)CCc1cccs1. The largest absolute Gasteiger partial charge is 0.363 e. The fourth-order valence-electron chi connectivity index (χ4n) is 1.20. The van der Waals surface area contributed by atoms with E-state index in [0.717, 1.165) is 31.0 Å². The van der Waals surface area contributed by atoms with Crippen LogP contribution in [0.5, 0.6) is 0 Å². The molecule has 0 bridgehead atoms. The summed E-state index contributed by atoms with van der Waals surface area (Å²) < 4.78 is 0. The molecule has 1 heterocycles. The van der Waals surface area contributed by atoms with Gasteiger partial charge in [-0.15, -0.1) is 11.3 Å². The van der Waals surface area contributed by atoms with Gasteiger partial charge in [-0.1, -0.05) is 13.0 Å². The molecule has 84 valence electrons. The number of thiocarbonyl (C=S) groups is 1. The molecule has 0 fully saturated rings. The minimum absolute atomic E-state index is 0.855. The van der Waals surface area contributed by atoms with Crippen molar-refractivity contribution in [1.82, 2.24) is 10.2 Å². The lowest BCUT2D eigenvalue weighted by Gasteiger charge is -2.20. The van der Waals surface area contributed by atoms with Crippen molar-refractivity contribution in [2.45, 2.75) is 19.8 Å². The van der Waals surface area contributed by atoms with Gasteiger partial charge in [-0.05, 0) is 36.5 Å². The Bertz CT molecular complexity index is 283. The Hall–Kier alpha value is -0.610. The summed E-state index contributed by atoms with van der Waals surface area (Å²) in [5, 5.41) is 6.19. The number of nitrogens with one attached hydrogen (secondary N) is 1. The summed E-state index contributed by atoms with van der Waals surface area (Å²) in [6.45, 7) is 4.08. The van der Waals surface area contributed by atoms with Gasteiger partial charge in [0.25, 0.3) is 0 Å². The molecule has 4 heteroatoms. The molecule has 0 aliphatic heterocycles. The highest BCUT2D eigenvalue weighted by Gasteiger charge is 2.03. The molecular weight excluding hydrogens is 224 g/mol. The van der Waals surface area contributed by atoms with Crippen molar-refractivity contribution >= 4 is 28.7 Å². The van der Waals surface area contributed by atoms with Crippen molar-refractivity contribution < 1.29 is 0 Å². The second kappa shape index (κ2) is 6.80. The Balaban J connectivity index is 2.23. The average Bonchev–Trinajstić information content (AvgIpc) is 2.75. The lowest BCUT2D eigenvalue weighted by Crippen LogP contribution is -2.38. The summed E-state index contributed by atoms with van der Waals surface area (Å²) in [5.74, 6) is 0. The monoisotopic (exact) mass is 242 g/mol. The zero-order valence-corrected chi connectivity index (χ0v) is 11.0. The van der Waals surface area contributed by atoms with Crippen LogP contribution in [0, 0.1) is 0 Å². The van der Waals surface area contributed by atoms with Gasteiger partial charge < -0.3 is 10.2 Å². The van der Waals surface area contributed by atoms with Gasteiger partial charge in [0.2, 0.25) is 0 Å². The topological polar surface area (TPSA) is 15.3 Å². The van der Waals surface area contributed by atoms with Gasteiger partial charge in [-0.3, -0.25) is 0 Å². The van der Waals surface area contributed by atoms with Gasteiger partial charge >= 0.3 is 0 Å². The maximum atomic E-state index is 5.26. The van der Waals surface area contributed by atoms with Crippen LogP contribution in [0.2, 0.25) is 0 Å². The van der Waals surface area contributed by atoms with Crippen LogP contribution in [0.4, 0.5) is 0 Å². The fraction of sp³-hybridized carbons (Fsp3) is 0.545. The van der Waals surface area contributed by atoms with E-state index < -0.39 is 0 Å². The minimum Gasteiger partial charge on any atom is -0.363 e. The first-order valence-electron chi connectivity index (χ1n) is 5.25. The van der Waals surface area contributed by atoms with Crippen LogP contribution >= 0.6 is 23.6 Å². The van der Waals surface area contributed by atoms with E-state index >= 15 is 0 Å². The molecule has 0 unspecified atom stereocenters. The first-order valence-corrected chi connectivity index (χ1v) is 6.54. The number of hydrogen-bond acceptors (Lipinski definition) is 2. The normalized spacial score (nSPS) is 10.0. The maximum Gasteiger partial charge on any atom is 0.168 e. The lowest BCUT2D eigenvalue weighted by atomic mass is 10.3. The molecule has 0 aliphatic rings. The summed E-state index contributed by atoms with van der Waals surface area (Å²) in [6.07, 6.45) is 2.18. The number of nitrogens with zero attached hydrogens (tertiary/aromatic N) is 1. The highest BCUT2D eigenvalue weighted by Crippen LogP contribution is 2.09. The van der Waals surface area contributed by atoms with Crippen molar-refractivity contribution in [3.8, 4) is 0 Å². The molecule has 0 atom stereocenters. The van der Waals surface area contributed by atoms with E-state index in [1.807, 2.05) is 7.05 Å². The second-order valence-electron chi connectivity index (χ2n) is 3.48. The molecule has 0 amide bonds. The van der Waals surface area contributed by atoms with Gasteiger partial charge in [-0.25, -0.2) is 0 Å². The number of likely N-dealkylation sites (N-methyl/N-ethyl adjacent to an activating group) is 1. The lowest BCUT2D eigenvalue weighted by molar-refractivity contribution is 0.498. The Kier molecular flexibility index (Phi) is 5.65. The summed E-state index contributed by atoms with van der Waals surface area (Å²) >= 11 is 7.06. The Morgan fingerprint density at radius 3 is 3.00 bits per heavy atom. The zero-order valence-electron chi connectivity index (χ0n) is 9.32. The van der Waals surface area contributed by atoms with Crippen LogP contribution in [0.15, 0.2) is 17.5 Å². The number of rotatable bonds is 5. The van der Waals surface area contributed by atoms with Crippen molar-refractivity contribution in [2.75, 3.05) is 20.1 Å². The van der Waals surface area contributed by atoms with E-state index in [0.29, 0.717) is 0 Å². The molecule has 0 spiro atoms. The number of thiophene rings is 1. The zero-order chi connectivity index (χ0) is 11.1. The van der Waals surface area contributed by atoms with Gasteiger partial charge in [0, 0.05) is 25.0 Å². The van der Waals surface area contributed by atoms with E-state index in [1.165, 1.54) is 4.88 Å². The van der Waals surface area contributed by atoms with Crippen LogP contribution in [-0.2, 0) is 6.42 Å². The van der Waals surface area contributed by atoms with Crippen LogP contribution < -0.4 is 5.32 Å². The van der Waals surface area contributed by atoms with E-state index in [2.05, 4.69) is 34.7 Å². The Morgan fingerprint density at radius 1 is 1.60 bits per heavy atom. The first kappa shape index (κ1) is 12.5. The van der Waals surface area contributed by atoms with Gasteiger partial charge in [0.15, 0.2) is 5.11 Å². The smallest absolute Gasteiger partial charge is 0.168 e. The molecule has 15 heavy (non-hydrogen) atoms. The van der Waals surface area contributed by atoms with E-state index in [4.69, 9.17) is 12.2 Å². The van der Waals surface area contributed by atoms with E-state index in [-0.39, 0.29) is 0 Å². The molecule has 0 saturated heterocycles. The quantitative estimate of drug-likeness (QED) is 0.799. The van der Waals surface area contributed by atoms with Crippen molar-refractivity contribution in [2.24, 2.45) is 0 Å². The first-order chi connectivity index (χ1) is 7.24. The molecule has 2 nitrogen and oxygen atoms in total. The maximum absolute atomic E-state index is 5.26. The minimum atomic E-state index is 0.855. The van der Waals surface area contributed by atoms with Crippen LogP contribution in [0.3, 0.4) is 0 Å². The van der Waals surface area contributed by atoms with Gasteiger partial charge in [0.1, 0.15) is 0 Å². The van der Waals surface area contributed by atoms with Crippen molar-refractivity contribution in [1.29, 1.82) is 0 Å². The van der Waals surface area contributed by atoms with Crippen LogP contribution in [-0.4, -0.2) is 30.1 Å². The molecule has 1 aromatic heterocycles. The molecule has 1 aromatic rings. The predicted molar refractivity (Wildman–Crippen MR) is 71.5 cm³/mol. The predicted octanol–water partition coefficient (Wildman–Crippen LogP) is 2.51. The highest BCUT2D eigenvalue weighted by atomic mass is 32.1. The van der Waals surface area contributed by atoms with Crippen LogP contribution in [0.1, 0.15) is 18.2 Å². The third-order valence-corrected chi connectivity index (χ3v) is 3.54. The second-order valence-corrected chi connectivity index (χ2v) is 4.90. The standard InChI is InChI=1S/C11H18N2S2/c1-3-7-12-11(14)13(2)8-6-10-5-4-9-15-10/h4-5,9H,3,6-8H2,1-2H3,(H,12,14). The molecule has 0 aromatic carbocycles. The van der Waals surface area contributed by atoms with Crippen molar-refractivity contribution in [3.05, 3.63) is 22.4 Å². The summed E-state index contributed by atoms with van der Waals surface area (Å²) in [6, 6.07) is 4.26. The third-order valence-electron chi connectivity index (χ3n) is 2.15. The Morgan fingerprint density at radius 2 is 2.40 bits per heavy atom. The molecule has 0 radical (unpaired) electrons. The molecule has 0 aliphatic carbocycles. The average molecular weight is 242 g/mol. The van der Waals surface area contributed by atoms with Crippen molar-refractivity contribution in [3.63, 3.8) is 0 Å². The molecule has 1 rings (SSSR count).